The van der Waals surface area contributed by atoms with E-state index in [0.717, 1.165) is 10.9 Å². The number of H-pyrrole nitrogens is 1. The fourth-order valence-corrected chi connectivity index (χ4v) is 1.86. The van der Waals surface area contributed by atoms with Gasteiger partial charge in [0.15, 0.2) is 0 Å². The van der Waals surface area contributed by atoms with E-state index in [2.05, 4.69) is 9.97 Å². The number of nitrogens with zero attached hydrogens (tertiary/aromatic N) is 1. The van der Waals surface area contributed by atoms with Crippen LogP contribution in [0.3, 0.4) is 0 Å². The van der Waals surface area contributed by atoms with E-state index >= 15 is 0 Å². The van der Waals surface area contributed by atoms with Crippen LogP contribution < -0.4 is 5.56 Å². The zero-order chi connectivity index (χ0) is 11.1. The first-order chi connectivity index (χ1) is 7.75. The number of fused-ring (bicyclic) bond motifs is 3. The Balaban J connectivity index is 2.65. The first kappa shape index (κ1) is 8.91. The van der Waals surface area contributed by atoms with Gasteiger partial charge in [-0.15, -0.1) is 0 Å². The molecule has 0 fully saturated rings. The first-order valence-electron chi connectivity index (χ1n) is 4.85. The van der Waals surface area contributed by atoms with Crippen molar-refractivity contribution in [3.8, 4) is 5.88 Å². The molecule has 16 heavy (non-hydrogen) atoms. The van der Waals surface area contributed by atoms with Crippen LogP contribution in [0, 0.1) is 0 Å². The van der Waals surface area contributed by atoms with E-state index in [1.807, 2.05) is 24.3 Å². The molecule has 0 unspecified atom stereocenters. The van der Waals surface area contributed by atoms with Gasteiger partial charge in [0.1, 0.15) is 0 Å². The molecule has 3 rings (SSSR count). The van der Waals surface area contributed by atoms with Gasteiger partial charge in [-0.05, 0) is 6.07 Å². The lowest BCUT2D eigenvalue weighted by molar-refractivity contribution is 0.458. The average Bonchev–Trinajstić information content (AvgIpc) is 2.28. The number of hydrogen-bond acceptors (Lipinski definition) is 3. The second-order valence-electron chi connectivity index (χ2n) is 3.58. The van der Waals surface area contributed by atoms with Gasteiger partial charge in [-0.3, -0.25) is 14.8 Å². The quantitative estimate of drug-likeness (QED) is 0.558. The predicted octanol–water partition coefficient (Wildman–Crippen LogP) is 1.78. The monoisotopic (exact) mass is 212 g/mol. The lowest BCUT2D eigenvalue weighted by Crippen LogP contribution is -2.03. The maximum atomic E-state index is 11.3. The van der Waals surface area contributed by atoms with Gasteiger partial charge >= 0.3 is 0 Å². The van der Waals surface area contributed by atoms with E-state index in [-0.39, 0.29) is 11.4 Å². The van der Waals surface area contributed by atoms with Crippen LogP contribution in [0.4, 0.5) is 0 Å². The second-order valence-corrected chi connectivity index (χ2v) is 3.58. The van der Waals surface area contributed by atoms with Crippen LogP contribution in [-0.2, 0) is 0 Å². The number of benzene rings is 1. The molecule has 0 radical (unpaired) electrons. The van der Waals surface area contributed by atoms with E-state index < -0.39 is 0 Å². The third kappa shape index (κ3) is 1.16. The van der Waals surface area contributed by atoms with Crippen molar-refractivity contribution >= 4 is 21.7 Å². The van der Waals surface area contributed by atoms with Crippen LogP contribution in [0.2, 0.25) is 0 Å². The zero-order valence-electron chi connectivity index (χ0n) is 8.27. The summed E-state index contributed by atoms with van der Waals surface area (Å²) >= 11 is 0. The van der Waals surface area contributed by atoms with Crippen molar-refractivity contribution in [2.45, 2.75) is 0 Å². The maximum absolute atomic E-state index is 11.3. The van der Waals surface area contributed by atoms with Crippen LogP contribution in [0.5, 0.6) is 5.88 Å². The Bertz CT molecular complexity index is 747. The molecule has 4 nitrogen and oxygen atoms in total. The largest absolute Gasteiger partial charge is 0.494 e. The van der Waals surface area contributed by atoms with E-state index in [9.17, 15) is 9.90 Å². The van der Waals surface area contributed by atoms with Gasteiger partial charge in [-0.25, -0.2) is 0 Å². The first-order valence-corrected chi connectivity index (χ1v) is 4.85. The number of nitrogens with one attached hydrogen (secondary N) is 1. The molecule has 0 aliphatic rings. The smallest absolute Gasteiger partial charge is 0.251 e. The van der Waals surface area contributed by atoms with Gasteiger partial charge in [0.2, 0.25) is 5.88 Å². The van der Waals surface area contributed by atoms with Crippen LogP contribution in [0.1, 0.15) is 0 Å². The number of aromatic hydroxyl groups is 1. The summed E-state index contributed by atoms with van der Waals surface area (Å²) in [5.74, 6) is -0.138. The second kappa shape index (κ2) is 3.06. The van der Waals surface area contributed by atoms with Crippen molar-refractivity contribution in [3.63, 3.8) is 0 Å². The third-order valence-corrected chi connectivity index (χ3v) is 2.59. The number of rotatable bonds is 0. The molecule has 0 aliphatic carbocycles. The summed E-state index contributed by atoms with van der Waals surface area (Å²) in [6, 6.07) is 8.98. The van der Waals surface area contributed by atoms with Crippen LogP contribution in [-0.4, -0.2) is 15.1 Å². The molecule has 4 heteroatoms. The summed E-state index contributed by atoms with van der Waals surface area (Å²) < 4.78 is 0. The molecule has 0 saturated carbocycles. The van der Waals surface area contributed by atoms with Crippen LogP contribution in [0.15, 0.2) is 41.3 Å². The Morgan fingerprint density at radius 1 is 1.12 bits per heavy atom. The highest BCUT2D eigenvalue weighted by atomic mass is 16.3. The van der Waals surface area contributed by atoms with Gasteiger partial charge in [-0.2, -0.15) is 0 Å². The summed E-state index contributed by atoms with van der Waals surface area (Å²) in [5, 5.41) is 11.7. The standard InChI is InChI=1S/C12H8N2O2/c15-11-5-8-7-3-1-2-4-10(7)13-6-9(8)12(16)14-11/h1-6H,(H2,14,15,16). The molecule has 1 aromatic carbocycles. The van der Waals surface area contributed by atoms with Crippen molar-refractivity contribution in [3.05, 3.63) is 46.9 Å². The van der Waals surface area contributed by atoms with Crippen molar-refractivity contribution in [2.75, 3.05) is 0 Å². The van der Waals surface area contributed by atoms with Gasteiger partial charge in [0, 0.05) is 23.0 Å². The van der Waals surface area contributed by atoms with E-state index in [4.69, 9.17) is 0 Å². The maximum Gasteiger partial charge on any atom is 0.251 e. The predicted molar refractivity (Wildman–Crippen MR) is 61.5 cm³/mol. The SMILES string of the molecule is O=c1cc2c(cnc3ccccc32)c(O)[nH]1. The Hall–Kier alpha value is -2.36. The van der Waals surface area contributed by atoms with E-state index in [1.54, 1.807) is 6.20 Å². The summed E-state index contributed by atoms with van der Waals surface area (Å²) in [4.78, 5) is 17.9. The molecule has 2 heterocycles. The molecule has 0 atom stereocenters. The number of pyridine rings is 2. The number of hydrogen-bond donors (Lipinski definition) is 2. The molecule has 2 aromatic heterocycles. The van der Waals surface area contributed by atoms with Crippen LogP contribution >= 0.6 is 0 Å². The molecular formula is C12H8N2O2. The molecule has 0 amide bonds. The Labute approximate surface area is 90.2 Å². The Kier molecular flexibility index (Phi) is 1.71. The average molecular weight is 212 g/mol. The fourth-order valence-electron chi connectivity index (χ4n) is 1.86. The number of aromatic nitrogens is 2. The lowest BCUT2D eigenvalue weighted by atomic mass is 10.1. The molecule has 0 aliphatic heterocycles. The molecule has 78 valence electrons. The van der Waals surface area contributed by atoms with Crippen molar-refractivity contribution < 1.29 is 5.11 Å². The topological polar surface area (TPSA) is 66.0 Å². The summed E-state index contributed by atoms with van der Waals surface area (Å²) in [6.07, 6.45) is 1.56. The van der Waals surface area contributed by atoms with Crippen molar-refractivity contribution in [1.82, 2.24) is 9.97 Å². The van der Waals surface area contributed by atoms with Crippen molar-refractivity contribution in [2.24, 2.45) is 0 Å². The minimum Gasteiger partial charge on any atom is -0.494 e. The Morgan fingerprint density at radius 3 is 2.81 bits per heavy atom. The lowest BCUT2D eigenvalue weighted by Gasteiger charge is -2.03. The molecule has 0 saturated heterocycles. The highest BCUT2D eigenvalue weighted by molar-refractivity contribution is 6.06. The normalized spacial score (nSPS) is 11.0. The van der Waals surface area contributed by atoms with Crippen molar-refractivity contribution in [1.29, 1.82) is 0 Å². The summed E-state index contributed by atoms with van der Waals surface area (Å²) in [6.45, 7) is 0. The minimum atomic E-state index is -0.318. The molecular weight excluding hydrogens is 204 g/mol. The third-order valence-electron chi connectivity index (χ3n) is 2.59. The zero-order valence-corrected chi connectivity index (χ0v) is 8.27. The van der Waals surface area contributed by atoms with Gasteiger partial charge < -0.3 is 5.11 Å². The minimum absolute atomic E-state index is 0.138. The number of aromatic amines is 1. The Morgan fingerprint density at radius 2 is 1.94 bits per heavy atom. The molecule has 0 spiro atoms. The van der Waals surface area contributed by atoms with Crippen LogP contribution in [0.25, 0.3) is 21.7 Å². The molecule has 3 aromatic rings. The highest BCUT2D eigenvalue weighted by Crippen LogP contribution is 2.25. The van der Waals surface area contributed by atoms with Gasteiger partial charge in [0.05, 0.1) is 10.9 Å². The highest BCUT2D eigenvalue weighted by Gasteiger charge is 2.05. The summed E-state index contributed by atoms with van der Waals surface area (Å²) in [5.41, 5.74) is 0.487. The molecule has 2 N–H and O–H groups in total. The van der Waals surface area contributed by atoms with E-state index in [1.165, 1.54) is 6.07 Å². The van der Waals surface area contributed by atoms with E-state index in [0.29, 0.717) is 10.8 Å². The van der Waals surface area contributed by atoms with Gasteiger partial charge in [-0.1, -0.05) is 18.2 Å². The van der Waals surface area contributed by atoms with Gasteiger partial charge in [0.25, 0.3) is 5.56 Å². The summed E-state index contributed by atoms with van der Waals surface area (Å²) in [7, 11) is 0. The number of para-hydroxylation sites is 1. The molecule has 0 bridgehead atoms. The fraction of sp³-hybridized carbons (Fsp3) is 0.